The van der Waals surface area contributed by atoms with Gasteiger partial charge in [0.15, 0.2) is 0 Å². The van der Waals surface area contributed by atoms with E-state index in [1.54, 1.807) is 0 Å². The minimum atomic E-state index is -0.659. The summed E-state index contributed by atoms with van der Waals surface area (Å²) in [4.78, 5) is 2.54. The summed E-state index contributed by atoms with van der Waals surface area (Å²) in [5.41, 5.74) is 4.83. The molecule has 16 heavy (non-hydrogen) atoms. The van der Waals surface area contributed by atoms with Crippen molar-refractivity contribution in [2.75, 3.05) is 26.2 Å². The number of unbranched alkanes of at least 4 members (excludes halogenated alkanes) is 1. The number of nitrogens with zero attached hydrogens (tertiary/aromatic N) is 1. The van der Waals surface area contributed by atoms with Gasteiger partial charge in [0.2, 0.25) is 0 Å². The van der Waals surface area contributed by atoms with E-state index in [1.807, 2.05) is 6.92 Å². The predicted octanol–water partition coefficient (Wildman–Crippen LogP) is 1.60. The molecule has 3 heteroatoms. The summed E-state index contributed by atoms with van der Waals surface area (Å²) in [7, 11) is 0. The average molecular weight is 228 g/mol. The molecule has 0 aromatic rings. The third kappa shape index (κ3) is 5.83. The predicted molar refractivity (Wildman–Crippen MR) is 68.4 cm³/mol. The molecule has 0 amide bonds. The fraction of sp³-hybridized carbons (Fsp3) is 1.00. The van der Waals surface area contributed by atoms with Crippen LogP contribution in [0.25, 0.3) is 0 Å². The zero-order valence-electron chi connectivity index (χ0n) is 10.9. The maximum Gasteiger partial charge on any atom is 0.0741 e. The number of hydrogen-bond acceptors (Lipinski definition) is 3. The van der Waals surface area contributed by atoms with Crippen LogP contribution in [0.15, 0.2) is 0 Å². The molecule has 0 radical (unpaired) electrons. The fourth-order valence-electron chi connectivity index (χ4n) is 1.99. The van der Waals surface area contributed by atoms with Gasteiger partial charge in [0.1, 0.15) is 0 Å². The van der Waals surface area contributed by atoms with Crippen molar-refractivity contribution in [2.24, 2.45) is 11.7 Å². The molecule has 1 aliphatic carbocycles. The van der Waals surface area contributed by atoms with Crippen LogP contribution in [0.2, 0.25) is 0 Å². The first-order chi connectivity index (χ1) is 7.57. The fourth-order valence-corrected chi connectivity index (χ4v) is 1.99. The SMILES string of the molecule is CCN(CCCCC(C)(O)CN)CC1CC1. The van der Waals surface area contributed by atoms with Gasteiger partial charge in [-0.15, -0.1) is 0 Å². The van der Waals surface area contributed by atoms with E-state index in [-0.39, 0.29) is 0 Å². The van der Waals surface area contributed by atoms with E-state index < -0.39 is 5.60 Å². The molecule has 1 atom stereocenters. The zero-order valence-corrected chi connectivity index (χ0v) is 10.9. The molecule has 96 valence electrons. The third-order valence-electron chi connectivity index (χ3n) is 3.54. The summed E-state index contributed by atoms with van der Waals surface area (Å²) in [6, 6.07) is 0. The number of aliphatic hydroxyl groups is 1. The summed E-state index contributed by atoms with van der Waals surface area (Å²) in [6.07, 6.45) is 5.93. The molecule has 1 rings (SSSR count). The Labute approximate surface area is 100 Å². The Morgan fingerprint density at radius 2 is 2.06 bits per heavy atom. The van der Waals surface area contributed by atoms with Crippen molar-refractivity contribution in [3.8, 4) is 0 Å². The van der Waals surface area contributed by atoms with E-state index in [0.29, 0.717) is 6.54 Å². The lowest BCUT2D eigenvalue weighted by Gasteiger charge is -2.23. The molecule has 1 fully saturated rings. The van der Waals surface area contributed by atoms with E-state index in [0.717, 1.165) is 25.3 Å². The Morgan fingerprint density at radius 3 is 2.56 bits per heavy atom. The Morgan fingerprint density at radius 1 is 1.38 bits per heavy atom. The first-order valence-electron chi connectivity index (χ1n) is 6.72. The smallest absolute Gasteiger partial charge is 0.0741 e. The van der Waals surface area contributed by atoms with Crippen LogP contribution in [0.3, 0.4) is 0 Å². The van der Waals surface area contributed by atoms with Gasteiger partial charge in [-0.25, -0.2) is 0 Å². The summed E-state index contributed by atoms with van der Waals surface area (Å²) in [5.74, 6) is 0.979. The van der Waals surface area contributed by atoms with Crippen LogP contribution >= 0.6 is 0 Å². The van der Waals surface area contributed by atoms with Crippen LogP contribution in [-0.4, -0.2) is 41.8 Å². The largest absolute Gasteiger partial charge is 0.389 e. The van der Waals surface area contributed by atoms with Crippen molar-refractivity contribution in [1.82, 2.24) is 4.90 Å². The summed E-state index contributed by atoms with van der Waals surface area (Å²) in [6.45, 7) is 8.04. The van der Waals surface area contributed by atoms with Gasteiger partial charge in [0.25, 0.3) is 0 Å². The van der Waals surface area contributed by atoms with Crippen LogP contribution in [0.1, 0.15) is 46.0 Å². The van der Waals surface area contributed by atoms with Crippen molar-refractivity contribution in [3.63, 3.8) is 0 Å². The van der Waals surface area contributed by atoms with Crippen LogP contribution in [0.4, 0.5) is 0 Å². The highest BCUT2D eigenvalue weighted by Gasteiger charge is 2.23. The Hall–Kier alpha value is -0.120. The second kappa shape index (κ2) is 6.58. The van der Waals surface area contributed by atoms with Gasteiger partial charge in [-0.05, 0) is 58.0 Å². The lowest BCUT2D eigenvalue weighted by molar-refractivity contribution is 0.0563. The normalized spacial score (nSPS) is 20.1. The quantitative estimate of drug-likeness (QED) is 0.589. The van der Waals surface area contributed by atoms with Crippen LogP contribution in [0, 0.1) is 5.92 Å². The van der Waals surface area contributed by atoms with Crippen molar-refractivity contribution in [2.45, 2.75) is 51.6 Å². The van der Waals surface area contributed by atoms with Gasteiger partial charge in [0, 0.05) is 13.1 Å². The van der Waals surface area contributed by atoms with E-state index in [2.05, 4.69) is 11.8 Å². The second-order valence-electron chi connectivity index (χ2n) is 5.49. The molecule has 0 aromatic carbocycles. The molecule has 3 N–H and O–H groups in total. The first kappa shape index (κ1) is 13.9. The highest BCUT2D eigenvalue weighted by molar-refractivity contribution is 4.77. The molecule has 0 aliphatic heterocycles. The Bertz CT molecular complexity index is 190. The highest BCUT2D eigenvalue weighted by Crippen LogP contribution is 2.29. The molecular weight excluding hydrogens is 200 g/mol. The van der Waals surface area contributed by atoms with E-state index in [4.69, 9.17) is 5.73 Å². The number of nitrogens with two attached hydrogens (primary N) is 1. The van der Waals surface area contributed by atoms with Gasteiger partial charge in [-0.1, -0.05) is 6.92 Å². The van der Waals surface area contributed by atoms with Crippen LogP contribution in [0.5, 0.6) is 0 Å². The number of hydrogen-bond donors (Lipinski definition) is 2. The molecular formula is C13H28N2O. The third-order valence-corrected chi connectivity index (χ3v) is 3.54. The minimum Gasteiger partial charge on any atom is -0.389 e. The molecule has 1 aliphatic rings. The molecule has 3 nitrogen and oxygen atoms in total. The lowest BCUT2D eigenvalue weighted by Crippen LogP contribution is -2.34. The first-order valence-corrected chi connectivity index (χ1v) is 6.72. The topological polar surface area (TPSA) is 49.5 Å². The molecule has 0 aromatic heterocycles. The minimum absolute atomic E-state index is 0.368. The molecule has 0 heterocycles. The van der Waals surface area contributed by atoms with Crippen LogP contribution < -0.4 is 5.73 Å². The second-order valence-corrected chi connectivity index (χ2v) is 5.49. The van der Waals surface area contributed by atoms with Gasteiger partial charge in [-0.3, -0.25) is 0 Å². The zero-order chi connectivity index (χ0) is 12.0. The maximum absolute atomic E-state index is 9.76. The van der Waals surface area contributed by atoms with Gasteiger partial charge in [-0.2, -0.15) is 0 Å². The number of rotatable bonds is 9. The van der Waals surface area contributed by atoms with Crippen molar-refractivity contribution in [1.29, 1.82) is 0 Å². The summed E-state index contributed by atoms with van der Waals surface area (Å²) in [5, 5.41) is 9.76. The molecule has 0 spiro atoms. The van der Waals surface area contributed by atoms with Crippen molar-refractivity contribution < 1.29 is 5.11 Å². The van der Waals surface area contributed by atoms with Crippen molar-refractivity contribution >= 4 is 0 Å². The van der Waals surface area contributed by atoms with E-state index >= 15 is 0 Å². The van der Waals surface area contributed by atoms with E-state index in [1.165, 1.54) is 32.4 Å². The van der Waals surface area contributed by atoms with Crippen LogP contribution in [-0.2, 0) is 0 Å². The van der Waals surface area contributed by atoms with Gasteiger partial charge >= 0.3 is 0 Å². The lowest BCUT2D eigenvalue weighted by atomic mass is 9.99. The van der Waals surface area contributed by atoms with Gasteiger partial charge < -0.3 is 15.7 Å². The summed E-state index contributed by atoms with van der Waals surface area (Å²) >= 11 is 0. The highest BCUT2D eigenvalue weighted by atomic mass is 16.3. The van der Waals surface area contributed by atoms with Gasteiger partial charge in [0.05, 0.1) is 5.60 Å². The molecule has 0 bridgehead atoms. The maximum atomic E-state index is 9.76. The Balaban J connectivity index is 2.03. The van der Waals surface area contributed by atoms with E-state index in [9.17, 15) is 5.11 Å². The molecule has 0 saturated heterocycles. The van der Waals surface area contributed by atoms with Crippen molar-refractivity contribution in [3.05, 3.63) is 0 Å². The summed E-state index contributed by atoms with van der Waals surface area (Å²) < 4.78 is 0. The monoisotopic (exact) mass is 228 g/mol. The molecule has 1 saturated carbocycles. The average Bonchev–Trinajstić information content (AvgIpc) is 3.06. The molecule has 1 unspecified atom stereocenters. The Kier molecular flexibility index (Phi) is 5.73. The standard InChI is InChI=1S/C13H28N2O/c1-3-15(10-12-6-7-12)9-5-4-8-13(2,16)11-14/h12,16H,3-11,14H2,1-2H3.